The van der Waals surface area contributed by atoms with Gasteiger partial charge in [-0.15, -0.1) is 0 Å². The highest BCUT2D eigenvalue weighted by molar-refractivity contribution is 6.33. The minimum absolute atomic E-state index is 0.000918. The van der Waals surface area contributed by atoms with Gasteiger partial charge in [0.15, 0.2) is 0 Å². The number of carbonyl (C=O) groups is 1. The lowest BCUT2D eigenvalue weighted by Gasteiger charge is -2.22. The lowest BCUT2D eigenvalue weighted by atomic mass is 10.0. The fraction of sp³-hybridized carbons (Fsp3) is 0.562. The number of likely N-dealkylation sites (N-methyl/N-ethyl adjacent to an activating group) is 1. The zero-order chi connectivity index (χ0) is 14.6. The van der Waals surface area contributed by atoms with Crippen molar-refractivity contribution >= 4 is 28.9 Å². The molecule has 21 heavy (non-hydrogen) atoms. The van der Waals surface area contributed by atoms with Crippen molar-refractivity contribution in [1.29, 1.82) is 0 Å². The summed E-state index contributed by atoms with van der Waals surface area (Å²) < 4.78 is 0. The van der Waals surface area contributed by atoms with Gasteiger partial charge in [-0.3, -0.25) is 4.79 Å². The maximum atomic E-state index is 11.9. The molecule has 0 radical (unpaired) electrons. The molecule has 1 aliphatic carbocycles. The summed E-state index contributed by atoms with van der Waals surface area (Å²) in [5.74, 6) is 1.65. The molecule has 2 aliphatic heterocycles. The molecule has 5 heteroatoms. The van der Waals surface area contributed by atoms with Crippen LogP contribution in [0.4, 0.5) is 11.4 Å². The second-order valence-corrected chi connectivity index (χ2v) is 6.87. The number of fused-ring (bicyclic) bond motifs is 2. The smallest absolute Gasteiger partial charge is 0.246 e. The third-order valence-corrected chi connectivity index (χ3v) is 5.61. The summed E-state index contributed by atoms with van der Waals surface area (Å²) in [5.41, 5.74) is 2.92. The predicted molar refractivity (Wildman–Crippen MR) is 84.9 cm³/mol. The molecule has 1 saturated carbocycles. The van der Waals surface area contributed by atoms with Gasteiger partial charge in [0.2, 0.25) is 5.91 Å². The second kappa shape index (κ2) is 4.89. The molecular formula is C16H20ClN3O. The molecule has 2 heterocycles. The molecule has 2 fully saturated rings. The molecule has 1 aromatic carbocycles. The van der Waals surface area contributed by atoms with Gasteiger partial charge in [0.1, 0.15) is 6.04 Å². The van der Waals surface area contributed by atoms with Gasteiger partial charge in [0.25, 0.3) is 0 Å². The highest BCUT2D eigenvalue weighted by atomic mass is 35.5. The van der Waals surface area contributed by atoms with Gasteiger partial charge in [-0.05, 0) is 43.9 Å². The average molecular weight is 306 g/mol. The molecule has 0 aromatic heterocycles. The summed E-state index contributed by atoms with van der Waals surface area (Å²) in [5, 5.41) is 6.74. The van der Waals surface area contributed by atoms with E-state index in [-0.39, 0.29) is 11.9 Å². The van der Waals surface area contributed by atoms with Crippen molar-refractivity contribution in [3.8, 4) is 0 Å². The molecule has 3 unspecified atom stereocenters. The quantitative estimate of drug-likeness (QED) is 0.883. The molecule has 3 aliphatic rings. The number of halogens is 1. The highest BCUT2D eigenvalue weighted by Gasteiger charge is 2.38. The van der Waals surface area contributed by atoms with Crippen LogP contribution in [-0.2, 0) is 4.79 Å². The number of rotatable bonds is 2. The molecular weight excluding hydrogens is 286 g/mol. The normalized spacial score (nSPS) is 30.5. The van der Waals surface area contributed by atoms with Gasteiger partial charge >= 0.3 is 0 Å². The Morgan fingerprint density at radius 1 is 1.29 bits per heavy atom. The standard InChI is InChI=1S/C16H20ClN3O/c1-18-15-11-5-12(17)14(6-13(11)19-16(15)21)20-7-9-3-2-4-10(9)8-20/h5-6,9-10,15,18H,2-4,7-8H2,1H3,(H,19,21). The van der Waals surface area contributed by atoms with Gasteiger partial charge in [0, 0.05) is 24.3 Å². The SMILES string of the molecule is CNC1C(=O)Nc2cc(N3CC4CCCC4C3)c(Cl)cc21. The first-order valence-electron chi connectivity index (χ1n) is 7.74. The van der Waals surface area contributed by atoms with Crippen LogP contribution in [0.25, 0.3) is 0 Å². The summed E-state index contributed by atoms with van der Waals surface area (Å²) in [6.45, 7) is 2.21. The summed E-state index contributed by atoms with van der Waals surface area (Å²) in [4.78, 5) is 14.3. The van der Waals surface area contributed by atoms with Crippen LogP contribution in [-0.4, -0.2) is 26.0 Å². The Labute approximate surface area is 129 Å². The maximum Gasteiger partial charge on any atom is 0.246 e. The van der Waals surface area contributed by atoms with Crippen LogP contribution < -0.4 is 15.5 Å². The van der Waals surface area contributed by atoms with Gasteiger partial charge < -0.3 is 15.5 Å². The van der Waals surface area contributed by atoms with Crippen molar-refractivity contribution in [2.45, 2.75) is 25.3 Å². The number of nitrogens with one attached hydrogen (secondary N) is 2. The Kier molecular flexibility index (Phi) is 3.12. The topological polar surface area (TPSA) is 44.4 Å². The van der Waals surface area contributed by atoms with Gasteiger partial charge in [0.05, 0.1) is 10.7 Å². The Morgan fingerprint density at radius 2 is 2.00 bits per heavy atom. The fourth-order valence-electron chi connectivity index (χ4n) is 4.23. The van der Waals surface area contributed by atoms with Crippen molar-refractivity contribution in [2.24, 2.45) is 11.8 Å². The number of carbonyl (C=O) groups excluding carboxylic acids is 1. The van der Waals surface area contributed by atoms with Crippen molar-refractivity contribution < 1.29 is 4.79 Å². The molecule has 4 rings (SSSR count). The third kappa shape index (κ3) is 2.04. The minimum atomic E-state index is -0.287. The molecule has 112 valence electrons. The van der Waals surface area contributed by atoms with Crippen molar-refractivity contribution in [3.63, 3.8) is 0 Å². The van der Waals surface area contributed by atoms with Crippen molar-refractivity contribution in [1.82, 2.24) is 5.32 Å². The summed E-state index contributed by atoms with van der Waals surface area (Å²) >= 11 is 6.51. The monoisotopic (exact) mass is 305 g/mol. The van der Waals surface area contributed by atoms with E-state index < -0.39 is 0 Å². The average Bonchev–Trinajstić information content (AvgIpc) is 3.09. The van der Waals surface area contributed by atoms with E-state index in [0.717, 1.165) is 46.9 Å². The van der Waals surface area contributed by atoms with E-state index in [4.69, 9.17) is 11.6 Å². The molecule has 4 nitrogen and oxygen atoms in total. The number of hydrogen-bond acceptors (Lipinski definition) is 3. The van der Waals surface area contributed by atoms with E-state index in [1.165, 1.54) is 19.3 Å². The van der Waals surface area contributed by atoms with Crippen LogP contribution in [0.2, 0.25) is 5.02 Å². The fourth-order valence-corrected chi connectivity index (χ4v) is 4.52. The van der Waals surface area contributed by atoms with Crippen molar-refractivity contribution in [2.75, 3.05) is 30.4 Å². The number of hydrogen-bond donors (Lipinski definition) is 2. The van der Waals surface area contributed by atoms with E-state index in [2.05, 4.69) is 15.5 Å². The van der Waals surface area contributed by atoms with Crippen molar-refractivity contribution in [3.05, 3.63) is 22.7 Å². The van der Waals surface area contributed by atoms with E-state index in [9.17, 15) is 4.79 Å². The number of anilines is 2. The molecule has 0 spiro atoms. The van der Waals surface area contributed by atoms with Crippen LogP contribution in [0.5, 0.6) is 0 Å². The van der Waals surface area contributed by atoms with Crippen LogP contribution in [0.15, 0.2) is 12.1 Å². The molecule has 2 N–H and O–H groups in total. The lowest BCUT2D eigenvalue weighted by molar-refractivity contribution is -0.117. The zero-order valence-electron chi connectivity index (χ0n) is 12.2. The highest BCUT2D eigenvalue weighted by Crippen LogP contribution is 2.44. The summed E-state index contributed by atoms with van der Waals surface area (Å²) in [6.07, 6.45) is 4.07. The molecule has 1 amide bonds. The minimum Gasteiger partial charge on any atom is -0.370 e. The lowest BCUT2D eigenvalue weighted by Crippen LogP contribution is -2.23. The Balaban J connectivity index is 1.66. The van der Waals surface area contributed by atoms with E-state index in [0.29, 0.717) is 0 Å². The Bertz CT molecular complexity index is 591. The first kappa shape index (κ1) is 13.4. The first-order valence-corrected chi connectivity index (χ1v) is 8.11. The van der Waals surface area contributed by atoms with Crippen LogP contribution in [0.1, 0.15) is 30.9 Å². The van der Waals surface area contributed by atoms with Gasteiger partial charge in [-0.25, -0.2) is 0 Å². The first-order chi connectivity index (χ1) is 10.2. The second-order valence-electron chi connectivity index (χ2n) is 6.46. The van der Waals surface area contributed by atoms with Crippen LogP contribution in [0, 0.1) is 11.8 Å². The maximum absolute atomic E-state index is 11.9. The van der Waals surface area contributed by atoms with E-state index >= 15 is 0 Å². The predicted octanol–water partition coefficient (Wildman–Crippen LogP) is 2.79. The Hall–Kier alpha value is -1.26. The third-order valence-electron chi connectivity index (χ3n) is 5.31. The molecule has 1 saturated heterocycles. The number of benzene rings is 1. The number of amides is 1. The van der Waals surface area contributed by atoms with Gasteiger partial charge in [-0.1, -0.05) is 18.0 Å². The Morgan fingerprint density at radius 3 is 2.67 bits per heavy atom. The van der Waals surface area contributed by atoms with E-state index in [1.807, 2.05) is 12.1 Å². The van der Waals surface area contributed by atoms with Crippen LogP contribution >= 0.6 is 11.6 Å². The molecule has 3 atom stereocenters. The zero-order valence-corrected chi connectivity index (χ0v) is 12.9. The largest absolute Gasteiger partial charge is 0.370 e. The van der Waals surface area contributed by atoms with E-state index in [1.54, 1.807) is 7.05 Å². The molecule has 1 aromatic rings. The molecule has 0 bridgehead atoms. The number of nitrogens with zero attached hydrogens (tertiary/aromatic N) is 1. The van der Waals surface area contributed by atoms with Crippen LogP contribution in [0.3, 0.4) is 0 Å². The summed E-state index contributed by atoms with van der Waals surface area (Å²) in [6, 6.07) is 3.71. The van der Waals surface area contributed by atoms with Gasteiger partial charge in [-0.2, -0.15) is 0 Å². The summed E-state index contributed by atoms with van der Waals surface area (Å²) in [7, 11) is 1.79.